The number of hydrogen-bond donors (Lipinski definition) is 2. The second-order valence-corrected chi connectivity index (χ2v) is 2.39. The van der Waals surface area contributed by atoms with E-state index in [2.05, 4.69) is 15.3 Å². The summed E-state index contributed by atoms with van der Waals surface area (Å²) < 4.78 is 0. The van der Waals surface area contributed by atoms with Crippen molar-refractivity contribution in [1.29, 1.82) is 0 Å². The Balaban J connectivity index is 1.99. The predicted molar refractivity (Wildman–Crippen MR) is 34.1 cm³/mol. The van der Waals surface area contributed by atoms with Gasteiger partial charge in [-0.25, -0.2) is 4.98 Å². The molecule has 0 aromatic carbocycles. The van der Waals surface area contributed by atoms with Gasteiger partial charge in [0.25, 0.3) is 0 Å². The molecule has 48 valence electrons. The van der Waals surface area contributed by atoms with Crippen molar-refractivity contribution in [2.75, 3.05) is 6.54 Å². The zero-order valence-corrected chi connectivity index (χ0v) is 5.09. The van der Waals surface area contributed by atoms with Crippen LogP contribution in [0.1, 0.15) is 5.69 Å². The molecule has 1 aromatic rings. The Bertz CT molecular complexity index is 176. The van der Waals surface area contributed by atoms with Crippen LogP contribution in [0.3, 0.4) is 0 Å². The first kappa shape index (κ1) is 4.99. The number of rotatable bonds is 2. The van der Waals surface area contributed by atoms with Gasteiger partial charge in [-0.1, -0.05) is 0 Å². The Labute approximate surface area is 53.5 Å². The molecule has 3 heteroatoms. The lowest BCUT2D eigenvalue weighted by Gasteiger charge is -1.87. The van der Waals surface area contributed by atoms with Gasteiger partial charge < -0.3 is 10.3 Å². The number of nitrogens with zero attached hydrogens (tertiary/aromatic N) is 1. The van der Waals surface area contributed by atoms with E-state index in [1.807, 2.05) is 6.20 Å². The fourth-order valence-corrected chi connectivity index (χ4v) is 0.889. The minimum atomic E-state index is 0.713. The van der Waals surface area contributed by atoms with Gasteiger partial charge in [0.1, 0.15) is 0 Å². The Morgan fingerprint density at radius 3 is 3.22 bits per heavy atom. The number of H-pyrrole nitrogens is 1. The molecule has 0 radical (unpaired) electrons. The second-order valence-electron chi connectivity index (χ2n) is 2.39. The summed E-state index contributed by atoms with van der Waals surface area (Å²) in [5.74, 6) is 0. The third-order valence-electron chi connectivity index (χ3n) is 1.51. The molecule has 1 aliphatic heterocycles. The van der Waals surface area contributed by atoms with Crippen LogP contribution in [0, 0.1) is 0 Å². The lowest BCUT2D eigenvalue weighted by atomic mass is 10.3. The molecular weight excluding hydrogens is 114 g/mol. The van der Waals surface area contributed by atoms with Crippen molar-refractivity contribution in [2.45, 2.75) is 12.5 Å². The Morgan fingerprint density at radius 1 is 1.78 bits per heavy atom. The van der Waals surface area contributed by atoms with Crippen molar-refractivity contribution in [3.63, 3.8) is 0 Å². The van der Waals surface area contributed by atoms with E-state index < -0.39 is 0 Å². The van der Waals surface area contributed by atoms with Crippen molar-refractivity contribution in [3.8, 4) is 0 Å². The van der Waals surface area contributed by atoms with Crippen LogP contribution in [0.5, 0.6) is 0 Å². The van der Waals surface area contributed by atoms with Crippen molar-refractivity contribution < 1.29 is 0 Å². The SMILES string of the molecule is c1ncc(CC2CN2)[nH]1. The van der Waals surface area contributed by atoms with Crippen LogP contribution >= 0.6 is 0 Å². The molecule has 3 nitrogen and oxygen atoms in total. The molecule has 0 aliphatic carbocycles. The van der Waals surface area contributed by atoms with Crippen molar-refractivity contribution in [2.24, 2.45) is 0 Å². The highest BCUT2D eigenvalue weighted by Crippen LogP contribution is 2.04. The summed E-state index contributed by atoms with van der Waals surface area (Å²) in [5, 5.41) is 3.22. The van der Waals surface area contributed by atoms with Crippen molar-refractivity contribution >= 4 is 0 Å². The van der Waals surface area contributed by atoms with Crippen LogP contribution in [0.4, 0.5) is 0 Å². The maximum absolute atomic E-state index is 3.92. The summed E-state index contributed by atoms with van der Waals surface area (Å²) in [4.78, 5) is 6.98. The number of imidazole rings is 1. The summed E-state index contributed by atoms with van der Waals surface area (Å²) in [6, 6.07) is 0.713. The first-order valence-electron chi connectivity index (χ1n) is 3.16. The maximum atomic E-state index is 3.92. The van der Waals surface area contributed by atoms with E-state index in [1.165, 1.54) is 12.2 Å². The van der Waals surface area contributed by atoms with Gasteiger partial charge in [-0.05, 0) is 0 Å². The molecule has 0 spiro atoms. The minimum Gasteiger partial charge on any atom is -0.348 e. The normalized spacial score (nSPS) is 24.2. The molecule has 0 saturated carbocycles. The fourth-order valence-electron chi connectivity index (χ4n) is 0.889. The average molecular weight is 123 g/mol. The Morgan fingerprint density at radius 2 is 2.67 bits per heavy atom. The summed E-state index contributed by atoms with van der Waals surface area (Å²) in [6.07, 6.45) is 4.69. The highest BCUT2D eigenvalue weighted by atomic mass is 15.1. The van der Waals surface area contributed by atoms with E-state index in [1.54, 1.807) is 6.33 Å². The maximum Gasteiger partial charge on any atom is 0.0921 e. The number of nitrogens with one attached hydrogen (secondary N) is 2. The molecule has 9 heavy (non-hydrogen) atoms. The standard InChI is InChI=1S/C6H9N3/c1(6-3-8-6)5-2-7-4-9-5/h2,4,6,8H,1,3H2,(H,7,9). The fraction of sp³-hybridized carbons (Fsp3) is 0.500. The van der Waals surface area contributed by atoms with Crippen LogP contribution in [0.15, 0.2) is 12.5 Å². The van der Waals surface area contributed by atoms with E-state index in [-0.39, 0.29) is 0 Å². The largest absolute Gasteiger partial charge is 0.348 e. The number of aromatic nitrogens is 2. The van der Waals surface area contributed by atoms with Gasteiger partial charge in [-0.3, -0.25) is 0 Å². The van der Waals surface area contributed by atoms with Gasteiger partial charge in [0, 0.05) is 30.9 Å². The number of hydrogen-bond acceptors (Lipinski definition) is 2. The molecule has 0 bridgehead atoms. The average Bonchev–Trinajstić information content (AvgIpc) is 2.46. The Kier molecular flexibility index (Phi) is 1.02. The third kappa shape index (κ3) is 1.10. The van der Waals surface area contributed by atoms with Gasteiger partial charge >= 0.3 is 0 Å². The molecule has 1 aromatic heterocycles. The molecule has 2 N–H and O–H groups in total. The van der Waals surface area contributed by atoms with Crippen molar-refractivity contribution in [1.82, 2.24) is 15.3 Å². The van der Waals surface area contributed by atoms with Crippen LogP contribution in [-0.2, 0) is 6.42 Å². The highest BCUT2D eigenvalue weighted by Gasteiger charge is 2.20. The summed E-state index contributed by atoms with van der Waals surface area (Å²) in [5.41, 5.74) is 1.23. The molecule has 2 heterocycles. The van der Waals surface area contributed by atoms with Crippen LogP contribution < -0.4 is 5.32 Å². The molecule has 1 unspecified atom stereocenters. The van der Waals surface area contributed by atoms with Gasteiger partial charge in [0.15, 0.2) is 0 Å². The first-order chi connectivity index (χ1) is 4.45. The minimum absolute atomic E-state index is 0.713. The quantitative estimate of drug-likeness (QED) is 0.540. The summed E-state index contributed by atoms with van der Waals surface area (Å²) >= 11 is 0. The second kappa shape index (κ2) is 1.84. The first-order valence-corrected chi connectivity index (χ1v) is 3.16. The van der Waals surface area contributed by atoms with Crippen LogP contribution in [0.2, 0.25) is 0 Å². The van der Waals surface area contributed by atoms with Gasteiger partial charge in [-0.15, -0.1) is 0 Å². The molecule has 2 rings (SSSR count). The monoisotopic (exact) mass is 123 g/mol. The van der Waals surface area contributed by atoms with E-state index in [0.29, 0.717) is 6.04 Å². The zero-order valence-electron chi connectivity index (χ0n) is 5.09. The number of aromatic amines is 1. The Hall–Kier alpha value is -0.830. The summed E-state index contributed by atoms with van der Waals surface area (Å²) in [7, 11) is 0. The smallest absolute Gasteiger partial charge is 0.0921 e. The predicted octanol–water partition coefficient (Wildman–Crippen LogP) is -0.0760. The topological polar surface area (TPSA) is 50.6 Å². The van der Waals surface area contributed by atoms with E-state index >= 15 is 0 Å². The zero-order chi connectivity index (χ0) is 6.10. The van der Waals surface area contributed by atoms with Gasteiger partial charge in [0.05, 0.1) is 6.33 Å². The van der Waals surface area contributed by atoms with Crippen LogP contribution in [0.25, 0.3) is 0 Å². The summed E-state index contributed by atoms with van der Waals surface area (Å²) in [6.45, 7) is 1.17. The van der Waals surface area contributed by atoms with Crippen LogP contribution in [-0.4, -0.2) is 22.6 Å². The van der Waals surface area contributed by atoms with E-state index in [0.717, 1.165) is 6.42 Å². The van der Waals surface area contributed by atoms with E-state index in [9.17, 15) is 0 Å². The molecule has 1 aliphatic rings. The lowest BCUT2D eigenvalue weighted by Crippen LogP contribution is -1.95. The van der Waals surface area contributed by atoms with E-state index in [4.69, 9.17) is 0 Å². The molecule has 1 fully saturated rings. The van der Waals surface area contributed by atoms with Gasteiger partial charge in [-0.2, -0.15) is 0 Å². The lowest BCUT2D eigenvalue weighted by molar-refractivity contribution is 0.900. The molecule has 1 atom stereocenters. The molecule has 1 saturated heterocycles. The molecule has 0 amide bonds. The molecular formula is C6H9N3. The van der Waals surface area contributed by atoms with Crippen molar-refractivity contribution in [3.05, 3.63) is 18.2 Å². The van der Waals surface area contributed by atoms with Gasteiger partial charge in [0.2, 0.25) is 0 Å². The third-order valence-corrected chi connectivity index (χ3v) is 1.51. The highest BCUT2D eigenvalue weighted by molar-refractivity contribution is 5.01.